The molecule has 1 atom stereocenters. The highest BCUT2D eigenvalue weighted by Gasteiger charge is 2.05. The lowest BCUT2D eigenvalue weighted by molar-refractivity contribution is 0.462. The maximum atomic E-state index is 11.4. The van der Waals surface area contributed by atoms with Crippen LogP contribution in [0.2, 0.25) is 5.02 Å². The number of hydrogen-bond acceptors (Lipinski definition) is 3. The molecule has 0 amide bonds. The third-order valence-electron chi connectivity index (χ3n) is 2.45. The highest BCUT2D eigenvalue weighted by molar-refractivity contribution is 7.80. The van der Waals surface area contributed by atoms with E-state index < -0.39 is 11.2 Å². The van der Waals surface area contributed by atoms with Crippen molar-refractivity contribution in [3.63, 3.8) is 0 Å². The van der Waals surface area contributed by atoms with Gasteiger partial charge in [-0.1, -0.05) is 18.5 Å². The monoisotopic (exact) mass is 262 g/mol. The fourth-order valence-corrected chi connectivity index (χ4v) is 1.98. The Labute approximate surface area is 104 Å². The van der Waals surface area contributed by atoms with Crippen LogP contribution in [0.4, 0.5) is 0 Å². The van der Waals surface area contributed by atoms with Crippen LogP contribution in [0.25, 0.3) is 0 Å². The Balaban J connectivity index is 2.71. The van der Waals surface area contributed by atoms with Gasteiger partial charge >= 0.3 is 5.69 Å². The SMILES string of the molecule is CC(CCS)CCn1cc(Cl)c(=O)[nH]c1=O. The molecule has 0 radical (unpaired) electrons. The first kappa shape index (κ1) is 13.4. The van der Waals surface area contributed by atoms with Crippen LogP contribution in [0, 0.1) is 5.92 Å². The Morgan fingerprint density at radius 2 is 2.19 bits per heavy atom. The molecule has 0 bridgehead atoms. The summed E-state index contributed by atoms with van der Waals surface area (Å²) in [6, 6.07) is 0. The lowest BCUT2D eigenvalue weighted by atomic mass is 10.1. The summed E-state index contributed by atoms with van der Waals surface area (Å²) in [5.74, 6) is 1.33. The molecule has 16 heavy (non-hydrogen) atoms. The molecule has 0 aromatic carbocycles. The Bertz CT molecular complexity index is 455. The number of H-pyrrole nitrogens is 1. The topological polar surface area (TPSA) is 54.9 Å². The molecule has 6 heteroatoms. The van der Waals surface area contributed by atoms with Gasteiger partial charge in [0.2, 0.25) is 0 Å². The average molecular weight is 263 g/mol. The highest BCUT2D eigenvalue weighted by atomic mass is 35.5. The molecule has 0 saturated heterocycles. The molecule has 0 fully saturated rings. The maximum absolute atomic E-state index is 11.4. The fourth-order valence-electron chi connectivity index (χ4n) is 1.37. The van der Waals surface area contributed by atoms with E-state index in [4.69, 9.17) is 11.6 Å². The van der Waals surface area contributed by atoms with Gasteiger partial charge in [0.25, 0.3) is 5.56 Å². The molecular formula is C10H15ClN2O2S. The predicted octanol–water partition coefficient (Wildman–Crippen LogP) is 1.54. The zero-order chi connectivity index (χ0) is 12.1. The van der Waals surface area contributed by atoms with Gasteiger partial charge in [-0.25, -0.2) is 4.79 Å². The molecule has 0 aliphatic rings. The molecule has 0 saturated carbocycles. The van der Waals surface area contributed by atoms with Crippen molar-refractivity contribution in [2.75, 3.05) is 5.75 Å². The molecule has 1 rings (SSSR count). The Kier molecular flexibility index (Phi) is 5.15. The van der Waals surface area contributed by atoms with E-state index in [9.17, 15) is 9.59 Å². The van der Waals surface area contributed by atoms with E-state index >= 15 is 0 Å². The fraction of sp³-hybridized carbons (Fsp3) is 0.600. The van der Waals surface area contributed by atoms with E-state index in [-0.39, 0.29) is 5.02 Å². The van der Waals surface area contributed by atoms with Crippen LogP contribution in [0.5, 0.6) is 0 Å². The summed E-state index contributed by atoms with van der Waals surface area (Å²) in [7, 11) is 0. The number of aromatic nitrogens is 2. The Morgan fingerprint density at radius 3 is 2.81 bits per heavy atom. The van der Waals surface area contributed by atoms with Crippen LogP contribution >= 0.6 is 24.2 Å². The number of halogens is 1. The van der Waals surface area contributed by atoms with Crippen molar-refractivity contribution in [3.8, 4) is 0 Å². The van der Waals surface area contributed by atoms with Gasteiger partial charge in [0.05, 0.1) is 0 Å². The van der Waals surface area contributed by atoms with Crippen molar-refractivity contribution in [3.05, 3.63) is 32.1 Å². The van der Waals surface area contributed by atoms with Crippen molar-refractivity contribution in [1.82, 2.24) is 9.55 Å². The van der Waals surface area contributed by atoms with Gasteiger partial charge in [-0.15, -0.1) is 0 Å². The lowest BCUT2D eigenvalue weighted by Gasteiger charge is -2.10. The first-order valence-corrected chi connectivity index (χ1v) is 6.15. The van der Waals surface area contributed by atoms with Gasteiger partial charge in [0, 0.05) is 12.7 Å². The van der Waals surface area contributed by atoms with Crippen molar-refractivity contribution in [1.29, 1.82) is 0 Å². The summed E-state index contributed by atoms with van der Waals surface area (Å²) >= 11 is 9.80. The standard InChI is InChI=1S/C10H15ClN2O2S/c1-7(3-5-16)2-4-13-6-8(11)9(14)12-10(13)15/h6-7,16H,2-5H2,1H3,(H,12,14,15). The lowest BCUT2D eigenvalue weighted by Crippen LogP contribution is -2.30. The second-order valence-electron chi connectivity index (χ2n) is 3.84. The molecule has 1 N–H and O–H groups in total. The number of nitrogens with one attached hydrogen (secondary N) is 1. The first-order chi connectivity index (χ1) is 7.54. The summed E-state index contributed by atoms with van der Waals surface area (Å²) < 4.78 is 1.43. The summed E-state index contributed by atoms with van der Waals surface area (Å²) in [4.78, 5) is 24.6. The smallest absolute Gasteiger partial charge is 0.299 e. The Morgan fingerprint density at radius 1 is 1.50 bits per heavy atom. The molecule has 1 unspecified atom stereocenters. The second-order valence-corrected chi connectivity index (χ2v) is 4.69. The minimum absolute atomic E-state index is 0.0430. The molecule has 4 nitrogen and oxygen atoms in total. The summed E-state index contributed by atoms with van der Waals surface area (Å²) in [5, 5.41) is 0.0430. The quantitative estimate of drug-likeness (QED) is 0.791. The Hall–Kier alpha value is -0.680. The minimum Gasteiger partial charge on any atom is -0.299 e. The molecule has 1 aromatic heterocycles. The zero-order valence-electron chi connectivity index (χ0n) is 9.07. The number of aryl methyl sites for hydroxylation is 1. The van der Waals surface area contributed by atoms with E-state index in [0.717, 1.165) is 18.6 Å². The summed E-state index contributed by atoms with van der Waals surface area (Å²) in [5.41, 5.74) is -0.946. The van der Waals surface area contributed by atoms with Crippen LogP contribution < -0.4 is 11.2 Å². The van der Waals surface area contributed by atoms with E-state index in [2.05, 4.69) is 24.5 Å². The highest BCUT2D eigenvalue weighted by Crippen LogP contribution is 2.09. The van der Waals surface area contributed by atoms with Gasteiger partial charge in [0.1, 0.15) is 5.02 Å². The maximum Gasteiger partial charge on any atom is 0.328 e. The molecule has 0 aliphatic heterocycles. The molecule has 1 aromatic rings. The largest absolute Gasteiger partial charge is 0.328 e. The van der Waals surface area contributed by atoms with Crippen molar-refractivity contribution >= 4 is 24.2 Å². The number of rotatable bonds is 5. The van der Waals surface area contributed by atoms with Crippen LogP contribution in [0.1, 0.15) is 19.8 Å². The van der Waals surface area contributed by atoms with Crippen molar-refractivity contribution in [2.24, 2.45) is 5.92 Å². The van der Waals surface area contributed by atoms with E-state index in [1.54, 1.807) is 0 Å². The third-order valence-corrected chi connectivity index (χ3v) is 2.98. The van der Waals surface area contributed by atoms with E-state index in [1.165, 1.54) is 10.8 Å². The average Bonchev–Trinajstić information content (AvgIpc) is 2.22. The van der Waals surface area contributed by atoms with Crippen LogP contribution in [-0.4, -0.2) is 15.3 Å². The molecule has 0 spiro atoms. The summed E-state index contributed by atoms with van der Waals surface area (Å²) in [6.07, 6.45) is 3.26. The number of thiol groups is 1. The molecular weight excluding hydrogens is 248 g/mol. The minimum atomic E-state index is -0.536. The number of hydrogen-bond donors (Lipinski definition) is 2. The van der Waals surface area contributed by atoms with E-state index in [0.29, 0.717) is 12.5 Å². The molecule has 0 aliphatic carbocycles. The van der Waals surface area contributed by atoms with E-state index in [1.807, 2.05) is 0 Å². The van der Waals surface area contributed by atoms with Gasteiger partial charge in [-0.3, -0.25) is 14.3 Å². The first-order valence-electron chi connectivity index (χ1n) is 5.14. The van der Waals surface area contributed by atoms with Gasteiger partial charge in [0.15, 0.2) is 0 Å². The van der Waals surface area contributed by atoms with Gasteiger partial charge < -0.3 is 0 Å². The van der Waals surface area contributed by atoms with Gasteiger partial charge in [-0.05, 0) is 24.5 Å². The number of aromatic amines is 1. The van der Waals surface area contributed by atoms with Crippen LogP contribution in [0.15, 0.2) is 15.8 Å². The second kappa shape index (κ2) is 6.15. The van der Waals surface area contributed by atoms with Crippen LogP contribution in [0.3, 0.4) is 0 Å². The molecule has 1 heterocycles. The van der Waals surface area contributed by atoms with Crippen LogP contribution in [-0.2, 0) is 6.54 Å². The molecule has 90 valence electrons. The van der Waals surface area contributed by atoms with Gasteiger partial charge in [-0.2, -0.15) is 12.6 Å². The van der Waals surface area contributed by atoms with Crippen molar-refractivity contribution < 1.29 is 0 Å². The summed E-state index contributed by atoms with van der Waals surface area (Å²) in [6.45, 7) is 2.67. The third kappa shape index (κ3) is 3.72. The zero-order valence-corrected chi connectivity index (χ0v) is 10.7. The predicted molar refractivity (Wildman–Crippen MR) is 68.6 cm³/mol. The number of nitrogens with zero attached hydrogens (tertiary/aromatic N) is 1. The normalized spacial score (nSPS) is 12.7. The van der Waals surface area contributed by atoms with Crippen molar-refractivity contribution in [2.45, 2.75) is 26.3 Å².